The first-order valence-electron chi connectivity index (χ1n) is 14.2. The lowest BCUT2D eigenvalue weighted by atomic mass is 9.81. The lowest BCUT2D eigenvalue weighted by molar-refractivity contribution is -0.141. The Morgan fingerprint density at radius 1 is 1.00 bits per heavy atom. The Labute approximate surface area is 240 Å². The molecule has 0 aromatic heterocycles. The van der Waals surface area contributed by atoms with Crippen molar-refractivity contribution in [3.05, 3.63) is 65.5 Å². The van der Waals surface area contributed by atoms with Gasteiger partial charge < -0.3 is 26.0 Å². The fourth-order valence-electron chi connectivity index (χ4n) is 5.81. The molecule has 41 heavy (non-hydrogen) atoms. The van der Waals surface area contributed by atoms with Gasteiger partial charge in [0.15, 0.2) is 0 Å². The van der Waals surface area contributed by atoms with Crippen molar-refractivity contribution in [2.24, 2.45) is 17.6 Å². The molecule has 4 N–H and O–H groups in total. The topological polar surface area (TPSA) is 131 Å². The standard InChI is InChI=1S/C31H39FN4O5/c1-31(2,3)41-30(40)34-18-19-9-11-21(12-10-19)29(39)36-16-15-23(20-7-5-4-6-8-20)26(36)28(38)35-22-13-14-24(27(33)37)25(32)17-22/h4-8,13-14,17,19,21,23,26H,9-12,15-16,18H2,1-3H3,(H2,33,37)(H,34,40)(H,35,38)/t19-,21-,23?,26?. The predicted molar refractivity (Wildman–Crippen MR) is 153 cm³/mol. The van der Waals surface area contributed by atoms with E-state index in [9.17, 15) is 23.6 Å². The average Bonchev–Trinajstić information content (AvgIpc) is 3.37. The first kappa shape index (κ1) is 30.0. The van der Waals surface area contributed by atoms with Gasteiger partial charge in [-0.05, 0) is 82.6 Å². The minimum Gasteiger partial charge on any atom is -0.444 e. The molecule has 1 aliphatic carbocycles. The van der Waals surface area contributed by atoms with Gasteiger partial charge in [0.25, 0.3) is 5.91 Å². The van der Waals surface area contributed by atoms with Gasteiger partial charge in [0.1, 0.15) is 17.5 Å². The summed E-state index contributed by atoms with van der Waals surface area (Å²) in [5.41, 5.74) is 5.50. The van der Waals surface area contributed by atoms with Crippen LogP contribution in [0.1, 0.15) is 74.7 Å². The number of nitrogens with zero attached hydrogens (tertiary/aromatic N) is 1. The van der Waals surface area contributed by atoms with Crippen LogP contribution >= 0.6 is 0 Å². The molecule has 1 aliphatic heterocycles. The second-order valence-corrected chi connectivity index (χ2v) is 11.9. The SMILES string of the molecule is CC(C)(C)OC(=O)NC[C@H]1CC[C@H](C(=O)N2CCC(c3ccccc3)C2C(=O)Nc2ccc(C(N)=O)c(F)c2)CC1. The zero-order valence-electron chi connectivity index (χ0n) is 23.8. The normalized spacial score (nSPS) is 22.6. The highest BCUT2D eigenvalue weighted by Gasteiger charge is 2.44. The molecule has 0 radical (unpaired) electrons. The third-order valence-electron chi connectivity index (χ3n) is 7.81. The van der Waals surface area contributed by atoms with Crippen molar-refractivity contribution in [1.82, 2.24) is 10.2 Å². The molecule has 10 heteroatoms. The lowest BCUT2D eigenvalue weighted by Gasteiger charge is -2.34. The predicted octanol–water partition coefficient (Wildman–Crippen LogP) is 4.58. The average molecular weight is 567 g/mol. The third kappa shape index (κ3) is 7.62. The fraction of sp³-hybridized carbons (Fsp3) is 0.484. The van der Waals surface area contributed by atoms with E-state index >= 15 is 0 Å². The number of nitrogens with two attached hydrogens (primary N) is 1. The molecule has 2 unspecified atom stereocenters. The number of likely N-dealkylation sites (tertiary alicyclic amines) is 1. The van der Waals surface area contributed by atoms with Crippen LogP contribution in [-0.2, 0) is 14.3 Å². The summed E-state index contributed by atoms with van der Waals surface area (Å²) in [6.07, 6.45) is 3.07. The van der Waals surface area contributed by atoms with E-state index in [1.165, 1.54) is 12.1 Å². The minimum absolute atomic E-state index is 0.0580. The number of carbonyl (C=O) groups is 4. The molecular weight excluding hydrogens is 527 g/mol. The zero-order valence-corrected chi connectivity index (χ0v) is 23.8. The molecule has 2 atom stereocenters. The van der Waals surface area contributed by atoms with Crippen LogP contribution < -0.4 is 16.4 Å². The van der Waals surface area contributed by atoms with Gasteiger partial charge in [-0.25, -0.2) is 9.18 Å². The third-order valence-corrected chi connectivity index (χ3v) is 7.81. The number of anilines is 1. The van der Waals surface area contributed by atoms with E-state index in [1.807, 2.05) is 51.1 Å². The Hall–Kier alpha value is -3.95. The molecule has 4 rings (SSSR count). The summed E-state index contributed by atoms with van der Waals surface area (Å²) in [4.78, 5) is 52.5. The highest BCUT2D eigenvalue weighted by atomic mass is 19.1. The van der Waals surface area contributed by atoms with Crippen molar-refractivity contribution in [2.45, 2.75) is 70.4 Å². The number of hydrogen-bond acceptors (Lipinski definition) is 5. The summed E-state index contributed by atoms with van der Waals surface area (Å²) in [6.45, 7) is 6.37. The summed E-state index contributed by atoms with van der Waals surface area (Å²) >= 11 is 0. The van der Waals surface area contributed by atoms with Gasteiger partial charge >= 0.3 is 6.09 Å². The molecule has 0 bridgehead atoms. The van der Waals surface area contributed by atoms with Crippen molar-refractivity contribution >= 4 is 29.5 Å². The van der Waals surface area contributed by atoms with Crippen molar-refractivity contribution in [2.75, 3.05) is 18.4 Å². The molecule has 2 fully saturated rings. The minimum atomic E-state index is -0.896. The number of hydrogen-bond donors (Lipinski definition) is 3. The van der Waals surface area contributed by atoms with E-state index in [1.54, 1.807) is 4.90 Å². The number of halogens is 1. The van der Waals surface area contributed by atoms with Crippen LogP contribution in [0.5, 0.6) is 0 Å². The molecule has 0 spiro atoms. The Morgan fingerprint density at radius 3 is 2.29 bits per heavy atom. The zero-order chi connectivity index (χ0) is 29.7. The van der Waals surface area contributed by atoms with E-state index < -0.39 is 35.4 Å². The molecule has 2 aromatic carbocycles. The maximum atomic E-state index is 14.4. The van der Waals surface area contributed by atoms with Crippen molar-refractivity contribution in [3.63, 3.8) is 0 Å². The summed E-state index contributed by atoms with van der Waals surface area (Å²) < 4.78 is 19.7. The number of primary amides is 1. The summed E-state index contributed by atoms with van der Waals surface area (Å²) in [7, 11) is 0. The van der Waals surface area contributed by atoms with E-state index in [4.69, 9.17) is 10.5 Å². The number of amides is 4. The molecule has 2 aromatic rings. The van der Waals surface area contributed by atoms with Crippen molar-refractivity contribution in [3.8, 4) is 0 Å². The largest absolute Gasteiger partial charge is 0.444 e. The Kier molecular flexibility index (Phi) is 9.30. The van der Waals surface area contributed by atoms with Crippen molar-refractivity contribution in [1.29, 1.82) is 0 Å². The monoisotopic (exact) mass is 566 g/mol. The number of nitrogens with one attached hydrogen (secondary N) is 2. The van der Waals surface area contributed by atoms with E-state index in [0.29, 0.717) is 32.4 Å². The maximum absolute atomic E-state index is 14.4. The molecule has 1 saturated carbocycles. The second-order valence-electron chi connectivity index (χ2n) is 11.9. The molecule has 1 saturated heterocycles. The Morgan fingerprint density at radius 2 is 1.68 bits per heavy atom. The van der Waals surface area contributed by atoms with Gasteiger partial charge in [0, 0.05) is 30.6 Å². The van der Waals surface area contributed by atoms with Gasteiger partial charge in [-0.1, -0.05) is 30.3 Å². The number of alkyl carbamates (subject to hydrolysis) is 1. The molecule has 220 valence electrons. The highest BCUT2D eigenvalue weighted by molar-refractivity contribution is 5.99. The van der Waals surface area contributed by atoms with Gasteiger partial charge in [-0.15, -0.1) is 0 Å². The van der Waals surface area contributed by atoms with Crippen molar-refractivity contribution < 1.29 is 28.3 Å². The van der Waals surface area contributed by atoms with Crippen LogP contribution in [0.4, 0.5) is 14.9 Å². The Bertz CT molecular complexity index is 1270. The lowest BCUT2D eigenvalue weighted by Crippen LogP contribution is -2.48. The summed E-state index contributed by atoms with van der Waals surface area (Å²) in [5.74, 6) is -2.38. The summed E-state index contributed by atoms with van der Waals surface area (Å²) in [5, 5.41) is 5.58. The van der Waals surface area contributed by atoms with Crippen LogP contribution in [0, 0.1) is 17.7 Å². The maximum Gasteiger partial charge on any atom is 0.407 e. The van der Waals surface area contributed by atoms with Gasteiger partial charge in [0.2, 0.25) is 11.8 Å². The van der Waals surface area contributed by atoms with E-state index in [0.717, 1.165) is 24.5 Å². The number of ether oxygens (including phenoxy) is 1. The molecule has 1 heterocycles. The van der Waals surface area contributed by atoms with Crippen LogP contribution in [0.2, 0.25) is 0 Å². The van der Waals surface area contributed by atoms with Crippen LogP contribution in [0.15, 0.2) is 48.5 Å². The van der Waals surface area contributed by atoms with E-state index in [2.05, 4.69) is 10.6 Å². The fourth-order valence-corrected chi connectivity index (χ4v) is 5.81. The molecular formula is C31H39FN4O5. The van der Waals surface area contributed by atoms with Gasteiger partial charge in [-0.2, -0.15) is 0 Å². The number of carbonyl (C=O) groups excluding carboxylic acids is 4. The first-order chi connectivity index (χ1) is 19.4. The number of rotatable bonds is 7. The summed E-state index contributed by atoms with van der Waals surface area (Å²) in [6, 6.07) is 12.5. The first-order valence-corrected chi connectivity index (χ1v) is 14.2. The van der Waals surface area contributed by atoms with Crippen LogP contribution in [-0.4, -0.2) is 53.4 Å². The van der Waals surface area contributed by atoms with Gasteiger partial charge in [-0.3, -0.25) is 14.4 Å². The van der Waals surface area contributed by atoms with Crippen LogP contribution in [0.3, 0.4) is 0 Å². The smallest absolute Gasteiger partial charge is 0.407 e. The quantitative estimate of drug-likeness (QED) is 0.452. The highest BCUT2D eigenvalue weighted by Crippen LogP contribution is 2.38. The van der Waals surface area contributed by atoms with Crippen LogP contribution in [0.25, 0.3) is 0 Å². The van der Waals surface area contributed by atoms with E-state index in [-0.39, 0.29) is 34.9 Å². The molecule has 4 amide bonds. The van der Waals surface area contributed by atoms with Gasteiger partial charge in [0.05, 0.1) is 5.56 Å². The Balaban J connectivity index is 1.43. The second kappa shape index (κ2) is 12.7. The molecule has 9 nitrogen and oxygen atoms in total. The number of benzene rings is 2. The molecule has 2 aliphatic rings.